The van der Waals surface area contributed by atoms with Crippen LogP contribution in [0, 0.1) is 17.0 Å². The smallest absolute Gasteiger partial charge is 0.313 e. The fraction of sp³-hybridized carbons (Fsp3) is 0.231. The van der Waals surface area contributed by atoms with Crippen LogP contribution in [0.25, 0.3) is 11.3 Å². The molecule has 0 aliphatic carbocycles. The van der Waals surface area contributed by atoms with Crippen LogP contribution in [-0.4, -0.2) is 21.4 Å². The Balaban J connectivity index is 2.54. The van der Waals surface area contributed by atoms with E-state index in [2.05, 4.69) is 15.3 Å². The monoisotopic (exact) mass is 258 g/mol. The minimum absolute atomic E-state index is 0.0921. The van der Waals surface area contributed by atoms with Crippen molar-refractivity contribution in [1.82, 2.24) is 9.97 Å². The molecule has 0 aliphatic rings. The summed E-state index contributed by atoms with van der Waals surface area (Å²) in [5, 5.41) is 14.0. The lowest BCUT2D eigenvalue weighted by Crippen LogP contribution is -2.04. The lowest BCUT2D eigenvalue weighted by molar-refractivity contribution is -0.384. The number of aromatic nitrogens is 2. The van der Waals surface area contributed by atoms with Gasteiger partial charge in [0.2, 0.25) is 5.95 Å². The van der Waals surface area contributed by atoms with Gasteiger partial charge in [-0.2, -0.15) is 0 Å². The predicted molar refractivity (Wildman–Crippen MR) is 73.0 cm³/mol. The number of aryl methyl sites for hydroxylation is 1. The number of rotatable bonds is 4. The molecule has 1 N–H and O–H groups in total. The van der Waals surface area contributed by atoms with Gasteiger partial charge in [0, 0.05) is 12.1 Å². The second-order valence-electron chi connectivity index (χ2n) is 4.08. The first-order valence-electron chi connectivity index (χ1n) is 5.94. The Kier molecular flexibility index (Phi) is 3.70. The standard InChI is InChI=1S/C13H14N4O2/c1-3-14-13-15-8-11(17(18)19)12(16-13)10-6-4-9(2)5-7-10/h4-8H,3H2,1-2H3,(H,14,15,16). The van der Waals surface area contributed by atoms with E-state index in [0.717, 1.165) is 5.56 Å². The van der Waals surface area contributed by atoms with Gasteiger partial charge in [0.15, 0.2) is 5.69 Å². The summed E-state index contributed by atoms with van der Waals surface area (Å²) in [4.78, 5) is 18.7. The van der Waals surface area contributed by atoms with Crippen LogP contribution >= 0.6 is 0 Å². The van der Waals surface area contributed by atoms with E-state index in [1.807, 2.05) is 38.1 Å². The van der Waals surface area contributed by atoms with Gasteiger partial charge in [0.05, 0.1) is 4.92 Å². The zero-order chi connectivity index (χ0) is 13.8. The maximum Gasteiger partial charge on any atom is 0.313 e. The van der Waals surface area contributed by atoms with Crippen LogP contribution < -0.4 is 5.32 Å². The van der Waals surface area contributed by atoms with Crippen LogP contribution in [0.5, 0.6) is 0 Å². The van der Waals surface area contributed by atoms with E-state index < -0.39 is 4.92 Å². The molecule has 6 heteroatoms. The van der Waals surface area contributed by atoms with Gasteiger partial charge in [-0.15, -0.1) is 0 Å². The van der Waals surface area contributed by atoms with Crippen molar-refractivity contribution in [2.24, 2.45) is 0 Å². The Labute approximate surface area is 110 Å². The molecule has 0 saturated heterocycles. The molecule has 6 nitrogen and oxygen atoms in total. The van der Waals surface area contributed by atoms with E-state index in [4.69, 9.17) is 0 Å². The summed E-state index contributed by atoms with van der Waals surface area (Å²) in [6, 6.07) is 7.43. The van der Waals surface area contributed by atoms with Gasteiger partial charge in [0.1, 0.15) is 6.20 Å². The third kappa shape index (κ3) is 2.85. The van der Waals surface area contributed by atoms with Crippen LogP contribution in [0.15, 0.2) is 30.5 Å². The SMILES string of the molecule is CCNc1ncc([N+](=O)[O-])c(-c2ccc(C)cc2)n1. The van der Waals surface area contributed by atoms with Crippen LogP contribution in [0.1, 0.15) is 12.5 Å². The molecule has 19 heavy (non-hydrogen) atoms. The number of nitro groups is 1. The molecule has 0 atom stereocenters. The number of anilines is 1. The largest absolute Gasteiger partial charge is 0.354 e. The van der Waals surface area contributed by atoms with Crippen molar-refractivity contribution in [3.05, 3.63) is 46.1 Å². The molecule has 1 heterocycles. The van der Waals surface area contributed by atoms with Gasteiger partial charge in [-0.3, -0.25) is 10.1 Å². The van der Waals surface area contributed by atoms with Crippen LogP contribution in [0.4, 0.5) is 11.6 Å². The van der Waals surface area contributed by atoms with Crippen molar-refractivity contribution in [3.63, 3.8) is 0 Å². The van der Waals surface area contributed by atoms with Crippen molar-refractivity contribution in [2.45, 2.75) is 13.8 Å². The maximum absolute atomic E-state index is 11.0. The molecular formula is C13H14N4O2. The number of nitrogens with one attached hydrogen (secondary N) is 1. The first-order valence-corrected chi connectivity index (χ1v) is 5.94. The average Bonchev–Trinajstić information content (AvgIpc) is 2.39. The lowest BCUT2D eigenvalue weighted by atomic mass is 10.1. The number of hydrogen-bond donors (Lipinski definition) is 1. The second-order valence-corrected chi connectivity index (χ2v) is 4.08. The van der Waals surface area contributed by atoms with E-state index in [1.165, 1.54) is 6.20 Å². The van der Waals surface area contributed by atoms with E-state index >= 15 is 0 Å². The second kappa shape index (κ2) is 5.43. The Morgan fingerprint density at radius 1 is 1.32 bits per heavy atom. The highest BCUT2D eigenvalue weighted by atomic mass is 16.6. The number of benzene rings is 1. The molecule has 0 saturated carbocycles. The fourth-order valence-electron chi connectivity index (χ4n) is 1.68. The lowest BCUT2D eigenvalue weighted by Gasteiger charge is -2.06. The minimum Gasteiger partial charge on any atom is -0.354 e. The molecule has 0 spiro atoms. The van der Waals surface area contributed by atoms with Gasteiger partial charge >= 0.3 is 5.69 Å². The average molecular weight is 258 g/mol. The molecule has 98 valence electrons. The van der Waals surface area contributed by atoms with Gasteiger partial charge in [-0.1, -0.05) is 29.8 Å². The highest BCUT2D eigenvalue weighted by Crippen LogP contribution is 2.28. The van der Waals surface area contributed by atoms with Crippen molar-refractivity contribution in [2.75, 3.05) is 11.9 Å². The third-order valence-corrected chi connectivity index (χ3v) is 2.63. The van der Waals surface area contributed by atoms with Crippen molar-refractivity contribution in [1.29, 1.82) is 0 Å². The molecule has 0 fully saturated rings. The van der Waals surface area contributed by atoms with Crippen molar-refractivity contribution in [3.8, 4) is 11.3 Å². The molecule has 2 rings (SSSR count). The fourth-order valence-corrected chi connectivity index (χ4v) is 1.68. The molecule has 1 aromatic carbocycles. The summed E-state index contributed by atoms with van der Waals surface area (Å²) in [5.74, 6) is 0.392. The Morgan fingerprint density at radius 3 is 2.58 bits per heavy atom. The molecular weight excluding hydrogens is 244 g/mol. The zero-order valence-corrected chi connectivity index (χ0v) is 10.8. The van der Waals surface area contributed by atoms with Crippen LogP contribution in [0.2, 0.25) is 0 Å². The molecule has 0 amide bonds. The Bertz CT molecular complexity index is 596. The van der Waals surface area contributed by atoms with Gasteiger partial charge in [-0.05, 0) is 13.8 Å². The topological polar surface area (TPSA) is 81.0 Å². The summed E-state index contributed by atoms with van der Waals surface area (Å²) >= 11 is 0. The first-order chi connectivity index (χ1) is 9.11. The van der Waals surface area contributed by atoms with Gasteiger partial charge < -0.3 is 5.32 Å². The number of nitrogens with zero attached hydrogens (tertiary/aromatic N) is 3. The molecule has 2 aromatic rings. The highest BCUT2D eigenvalue weighted by Gasteiger charge is 2.18. The van der Waals surface area contributed by atoms with Gasteiger partial charge in [0.25, 0.3) is 0 Å². The quantitative estimate of drug-likeness (QED) is 0.673. The van der Waals surface area contributed by atoms with Crippen molar-refractivity contribution < 1.29 is 4.92 Å². The summed E-state index contributed by atoms with van der Waals surface area (Å²) in [7, 11) is 0. The minimum atomic E-state index is -0.467. The normalized spacial score (nSPS) is 10.2. The summed E-state index contributed by atoms with van der Waals surface area (Å²) in [6.45, 7) is 4.53. The van der Waals surface area contributed by atoms with E-state index in [-0.39, 0.29) is 5.69 Å². The van der Waals surface area contributed by atoms with Gasteiger partial charge in [-0.25, -0.2) is 9.97 Å². The van der Waals surface area contributed by atoms with Crippen LogP contribution in [0.3, 0.4) is 0 Å². The summed E-state index contributed by atoms with van der Waals surface area (Å²) < 4.78 is 0. The first kappa shape index (κ1) is 12.9. The maximum atomic E-state index is 11.0. The molecule has 0 aliphatic heterocycles. The Morgan fingerprint density at radius 2 is 2.00 bits per heavy atom. The van der Waals surface area contributed by atoms with Crippen molar-refractivity contribution >= 4 is 11.6 Å². The van der Waals surface area contributed by atoms with E-state index in [9.17, 15) is 10.1 Å². The van der Waals surface area contributed by atoms with E-state index in [1.54, 1.807) is 0 Å². The predicted octanol–water partition coefficient (Wildman–Crippen LogP) is 2.79. The summed E-state index contributed by atoms with van der Waals surface area (Å²) in [6.07, 6.45) is 1.24. The molecule has 1 aromatic heterocycles. The molecule has 0 bridgehead atoms. The number of hydrogen-bond acceptors (Lipinski definition) is 5. The zero-order valence-electron chi connectivity index (χ0n) is 10.8. The highest BCUT2D eigenvalue weighted by molar-refractivity contribution is 5.70. The summed E-state index contributed by atoms with van der Waals surface area (Å²) in [5.41, 5.74) is 2.03. The Hall–Kier alpha value is -2.50. The molecule has 0 radical (unpaired) electrons. The third-order valence-electron chi connectivity index (χ3n) is 2.63. The van der Waals surface area contributed by atoms with Crippen LogP contribution in [-0.2, 0) is 0 Å². The molecule has 0 unspecified atom stereocenters. The van der Waals surface area contributed by atoms with E-state index in [0.29, 0.717) is 23.8 Å².